The second-order valence-corrected chi connectivity index (χ2v) is 12.4. The molecular weight excluding hydrogens is 568 g/mol. The molecule has 1 unspecified atom stereocenters. The first-order valence-corrected chi connectivity index (χ1v) is 17.5. The smallest absolute Gasteiger partial charge is 0.305 e. The van der Waals surface area contributed by atoms with E-state index in [-0.39, 0.29) is 17.6 Å². The normalized spacial score (nSPS) is 11.6. The lowest BCUT2D eigenvalue weighted by atomic mass is 10.00. The Morgan fingerprint density at radius 1 is 0.795 bits per heavy atom. The van der Waals surface area contributed by atoms with Gasteiger partial charge in [-0.3, -0.25) is 4.79 Å². The predicted octanol–water partition coefficient (Wildman–Crippen LogP) is 9.03. The molecule has 0 radical (unpaired) electrons. The van der Waals surface area contributed by atoms with Crippen LogP contribution < -0.4 is 15.4 Å². The number of phenolic OH excluding ortho intramolecular Hbond substituents is 1. The molecular formula is C37H58N2O4S. The summed E-state index contributed by atoms with van der Waals surface area (Å²) in [4.78, 5) is 12.5. The van der Waals surface area contributed by atoms with Gasteiger partial charge in [0.1, 0.15) is 0 Å². The fourth-order valence-corrected chi connectivity index (χ4v) is 5.53. The van der Waals surface area contributed by atoms with Crippen LogP contribution in [0.5, 0.6) is 11.5 Å². The summed E-state index contributed by atoms with van der Waals surface area (Å²) >= 11 is 5.50. The highest BCUT2D eigenvalue weighted by Crippen LogP contribution is 2.26. The molecule has 0 amide bonds. The SMILES string of the molecule is CCCCCCCCCCCCCCCCCC(=O)OCC(CNC(=S)NCc1ccc(O)c(OC)c1)Cc1ccccc1. The van der Waals surface area contributed by atoms with E-state index in [2.05, 4.69) is 29.7 Å². The van der Waals surface area contributed by atoms with Crippen molar-refractivity contribution in [3.63, 3.8) is 0 Å². The van der Waals surface area contributed by atoms with E-state index in [9.17, 15) is 9.90 Å². The highest BCUT2D eigenvalue weighted by molar-refractivity contribution is 7.80. The van der Waals surface area contributed by atoms with E-state index in [0.29, 0.717) is 37.0 Å². The number of carbonyl (C=O) groups is 1. The first kappa shape index (κ1) is 37.4. The van der Waals surface area contributed by atoms with Crippen LogP contribution in [0.1, 0.15) is 121 Å². The van der Waals surface area contributed by atoms with Gasteiger partial charge in [0, 0.05) is 25.4 Å². The maximum atomic E-state index is 12.5. The Balaban J connectivity index is 1.58. The summed E-state index contributed by atoms with van der Waals surface area (Å²) in [6.07, 6.45) is 20.9. The van der Waals surface area contributed by atoms with E-state index in [1.165, 1.54) is 96.1 Å². The summed E-state index contributed by atoms with van der Waals surface area (Å²) in [7, 11) is 1.53. The predicted molar refractivity (Wildman–Crippen MR) is 186 cm³/mol. The summed E-state index contributed by atoms with van der Waals surface area (Å²) in [6.45, 7) is 3.72. The lowest BCUT2D eigenvalue weighted by Crippen LogP contribution is -2.39. The number of phenols is 1. The zero-order chi connectivity index (χ0) is 31.7. The highest BCUT2D eigenvalue weighted by atomic mass is 32.1. The van der Waals surface area contributed by atoms with Gasteiger partial charge in [-0.05, 0) is 48.3 Å². The van der Waals surface area contributed by atoms with Crippen LogP contribution >= 0.6 is 12.2 Å². The average molecular weight is 627 g/mol. The van der Waals surface area contributed by atoms with Crippen LogP contribution in [0, 0.1) is 5.92 Å². The summed E-state index contributed by atoms with van der Waals surface area (Å²) < 4.78 is 10.9. The molecule has 0 heterocycles. The van der Waals surface area contributed by atoms with E-state index in [4.69, 9.17) is 21.7 Å². The molecule has 0 bridgehead atoms. The van der Waals surface area contributed by atoms with Crippen LogP contribution in [0.3, 0.4) is 0 Å². The molecule has 2 aromatic carbocycles. The van der Waals surface area contributed by atoms with Gasteiger partial charge < -0.3 is 25.2 Å². The van der Waals surface area contributed by atoms with E-state index in [0.717, 1.165) is 24.8 Å². The third-order valence-corrected chi connectivity index (χ3v) is 8.37. The van der Waals surface area contributed by atoms with Crippen molar-refractivity contribution in [3.05, 3.63) is 59.7 Å². The fourth-order valence-electron chi connectivity index (χ4n) is 5.37. The molecule has 7 heteroatoms. The number of hydrogen-bond donors (Lipinski definition) is 3. The largest absolute Gasteiger partial charge is 0.504 e. The van der Waals surface area contributed by atoms with Crippen LogP contribution in [-0.4, -0.2) is 36.4 Å². The molecule has 3 N–H and O–H groups in total. The van der Waals surface area contributed by atoms with Crippen LogP contribution in [0.4, 0.5) is 0 Å². The minimum atomic E-state index is -0.111. The quantitative estimate of drug-likeness (QED) is 0.0576. The van der Waals surface area contributed by atoms with Crippen molar-refractivity contribution in [1.82, 2.24) is 10.6 Å². The standard InChI is InChI=1S/C37H58N2O4S/c1-3-4-5-6-7-8-9-10-11-12-13-14-15-16-20-23-36(41)43-30-33(26-31-21-18-17-19-22-31)29-39-37(44)38-28-32-24-25-34(40)35(27-32)42-2/h17-19,21-22,24-25,27,33,40H,3-16,20,23,26,28-30H2,1-2H3,(H2,38,39,44). The average Bonchev–Trinajstić information content (AvgIpc) is 3.04. The Hall–Kier alpha value is -2.80. The van der Waals surface area contributed by atoms with Crippen molar-refractivity contribution in [2.45, 2.75) is 123 Å². The summed E-state index contributed by atoms with van der Waals surface area (Å²) in [6, 6.07) is 15.5. The maximum Gasteiger partial charge on any atom is 0.305 e. The van der Waals surface area contributed by atoms with Gasteiger partial charge in [0.2, 0.25) is 0 Å². The lowest BCUT2D eigenvalue weighted by Gasteiger charge is -2.19. The molecule has 2 rings (SSSR count). The van der Waals surface area contributed by atoms with Crippen molar-refractivity contribution in [3.8, 4) is 11.5 Å². The number of ether oxygens (including phenoxy) is 2. The van der Waals surface area contributed by atoms with Gasteiger partial charge in [-0.2, -0.15) is 0 Å². The molecule has 0 aliphatic rings. The molecule has 246 valence electrons. The Bertz CT molecular complexity index is 1030. The van der Waals surface area contributed by atoms with Crippen LogP contribution in [0.25, 0.3) is 0 Å². The monoisotopic (exact) mass is 626 g/mol. The second kappa shape index (κ2) is 24.5. The fraction of sp³-hybridized carbons (Fsp3) is 0.622. The number of nitrogens with one attached hydrogen (secondary N) is 2. The number of methoxy groups -OCH3 is 1. The number of esters is 1. The zero-order valence-corrected chi connectivity index (χ0v) is 28.2. The first-order chi connectivity index (χ1) is 21.5. The number of hydrogen-bond acceptors (Lipinski definition) is 5. The number of rotatable bonds is 25. The van der Waals surface area contributed by atoms with Crippen molar-refractivity contribution in [2.75, 3.05) is 20.3 Å². The Morgan fingerprint density at radius 3 is 1.98 bits per heavy atom. The number of unbranched alkanes of at least 4 members (excludes halogenated alkanes) is 14. The van der Waals surface area contributed by atoms with E-state index in [1.54, 1.807) is 12.1 Å². The molecule has 0 saturated heterocycles. The topological polar surface area (TPSA) is 79.8 Å². The van der Waals surface area contributed by atoms with Crippen LogP contribution in [0.15, 0.2) is 48.5 Å². The number of benzene rings is 2. The van der Waals surface area contributed by atoms with E-state index < -0.39 is 0 Å². The summed E-state index contributed by atoms with van der Waals surface area (Å²) in [5.74, 6) is 0.516. The van der Waals surface area contributed by atoms with Gasteiger partial charge in [-0.1, -0.05) is 133 Å². The molecule has 0 aliphatic carbocycles. The minimum Gasteiger partial charge on any atom is -0.504 e. The summed E-state index contributed by atoms with van der Waals surface area (Å²) in [5.41, 5.74) is 2.14. The number of thiocarbonyl (C=S) groups is 1. The molecule has 0 aromatic heterocycles. The third-order valence-electron chi connectivity index (χ3n) is 8.08. The Morgan fingerprint density at radius 2 is 1.39 bits per heavy atom. The van der Waals surface area contributed by atoms with E-state index >= 15 is 0 Å². The highest BCUT2D eigenvalue weighted by Gasteiger charge is 2.14. The molecule has 0 spiro atoms. The van der Waals surface area contributed by atoms with Crippen molar-refractivity contribution in [1.29, 1.82) is 0 Å². The van der Waals surface area contributed by atoms with E-state index in [1.807, 2.05) is 24.3 Å². The lowest BCUT2D eigenvalue weighted by molar-refractivity contribution is -0.145. The second-order valence-electron chi connectivity index (χ2n) is 12.0. The molecule has 0 fully saturated rings. The number of aromatic hydroxyl groups is 1. The molecule has 6 nitrogen and oxygen atoms in total. The van der Waals surface area contributed by atoms with Crippen molar-refractivity contribution >= 4 is 23.3 Å². The first-order valence-electron chi connectivity index (χ1n) is 17.1. The van der Waals surface area contributed by atoms with Gasteiger partial charge in [0.15, 0.2) is 16.6 Å². The third kappa shape index (κ3) is 18.1. The number of carbonyl (C=O) groups excluding carboxylic acids is 1. The van der Waals surface area contributed by atoms with Crippen molar-refractivity contribution < 1.29 is 19.4 Å². The van der Waals surface area contributed by atoms with Crippen LogP contribution in [-0.2, 0) is 22.5 Å². The Labute approximate surface area is 272 Å². The van der Waals surface area contributed by atoms with Gasteiger partial charge in [-0.25, -0.2) is 0 Å². The Kier molecular flexibility index (Phi) is 20.8. The summed E-state index contributed by atoms with van der Waals surface area (Å²) in [5, 5.41) is 16.8. The minimum absolute atomic E-state index is 0.0934. The van der Waals surface area contributed by atoms with Gasteiger partial charge in [0.25, 0.3) is 0 Å². The van der Waals surface area contributed by atoms with Gasteiger partial charge >= 0.3 is 5.97 Å². The van der Waals surface area contributed by atoms with Gasteiger partial charge in [-0.15, -0.1) is 0 Å². The molecule has 1 atom stereocenters. The molecule has 0 saturated carbocycles. The maximum absolute atomic E-state index is 12.5. The molecule has 2 aromatic rings. The molecule has 0 aliphatic heterocycles. The molecule has 44 heavy (non-hydrogen) atoms. The van der Waals surface area contributed by atoms with Gasteiger partial charge in [0.05, 0.1) is 13.7 Å². The van der Waals surface area contributed by atoms with Crippen molar-refractivity contribution in [2.24, 2.45) is 5.92 Å². The van der Waals surface area contributed by atoms with Crippen LogP contribution in [0.2, 0.25) is 0 Å². The zero-order valence-electron chi connectivity index (χ0n) is 27.4.